The SMILES string of the molecule is O=C(Cc1cccs1)N/N=C/c1cc([N+](=O)[O-])ccc1Cl. The van der Waals surface area contributed by atoms with Gasteiger partial charge in [-0.05, 0) is 17.5 Å². The lowest BCUT2D eigenvalue weighted by atomic mass is 10.2. The van der Waals surface area contributed by atoms with Crippen LogP contribution in [0.25, 0.3) is 0 Å². The molecule has 0 aliphatic heterocycles. The average molecular weight is 324 g/mol. The van der Waals surface area contributed by atoms with Gasteiger partial charge in [0.05, 0.1) is 17.6 Å². The first-order chi connectivity index (χ1) is 10.1. The van der Waals surface area contributed by atoms with Gasteiger partial charge < -0.3 is 0 Å². The molecule has 0 saturated carbocycles. The van der Waals surface area contributed by atoms with Crippen molar-refractivity contribution in [2.75, 3.05) is 0 Å². The number of benzene rings is 1. The van der Waals surface area contributed by atoms with Gasteiger partial charge in [-0.1, -0.05) is 17.7 Å². The summed E-state index contributed by atoms with van der Waals surface area (Å²) in [5.41, 5.74) is 2.63. The zero-order chi connectivity index (χ0) is 15.2. The summed E-state index contributed by atoms with van der Waals surface area (Å²) in [6, 6.07) is 7.71. The van der Waals surface area contributed by atoms with Crippen LogP contribution in [0.2, 0.25) is 5.02 Å². The fourth-order valence-corrected chi connectivity index (χ4v) is 2.40. The van der Waals surface area contributed by atoms with E-state index in [0.717, 1.165) is 4.88 Å². The number of rotatable bonds is 5. The Hall–Kier alpha value is -2.25. The number of nitrogens with one attached hydrogen (secondary N) is 1. The first-order valence-corrected chi connectivity index (χ1v) is 7.10. The molecule has 0 bridgehead atoms. The maximum Gasteiger partial charge on any atom is 0.270 e. The monoisotopic (exact) mass is 323 g/mol. The molecule has 0 aliphatic rings. The fourth-order valence-electron chi connectivity index (χ4n) is 1.53. The predicted octanol–water partition coefficient (Wildman–Crippen LogP) is 3.00. The van der Waals surface area contributed by atoms with Gasteiger partial charge in [-0.25, -0.2) is 5.43 Å². The number of amides is 1. The Bertz CT molecular complexity index is 686. The molecule has 21 heavy (non-hydrogen) atoms. The summed E-state index contributed by atoms with van der Waals surface area (Å²) in [7, 11) is 0. The molecule has 1 aromatic heterocycles. The van der Waals surface area contributed by atoms with E-state index in [1.165, 1.54) is 35.8 Å². The number of carbonyl (C=O) groups is 1. The zero-order valence-corrected chi connectivity index (χ0v) is 12.2. The molecule has 1 heterocycles. The number of halogens is 1. The molecule has 2 aromatic rings. The number of thiophene rings is 1. The Morgan fingerprint density at radius 2 is 2.29 bits per heavy atom. The maximum atomic E-state index is 11.6. The Kier molecular flexibility index (Phi) is 5.02. The lowest BCUT2D eigenvalue weighted by Crippen LogP contribution is -2.19. The van der Waals surface area contributed by atoms with Crippen LogP contribution in [0.4, 0.5) is 5.69 Å². The first kappa shape index (κ1) is 15.1. The van der Waals surface area contributed by atoms with Crippen molar-refractivity contribution in [3.63, 3.8) is 0 Å². The van der Waals surface area contributed by atoms with E-state index >= 15 is 0 Å². The lowest BCUT2D eigenvalue weighted by Gasteiger charge is -1.99. The molecular weight excluding hydrogens is 314 g/mol. The molecule has 0 aliphatic carbocycles. The van der Waals surface area contributed by atoms with E-state index in [9.17, 15) is 14.9 Å². The number of nitro groups is 1. The average Bonchev–Trinajstić information content (AvgIpc) is 2.93. The summed E-state index contributed by atoms with van der Waals surface area (Å²) < 4.78 is 0. The summed E-state index contributed by atoms with van der Waals surface area (Å²) in [4.78, 5) is 22.7. The molecule has 0 spiro atoms. The molecule has 0 radical (unpaired) electrons. The van der Waals surface area contributed by atoms with E-state index in [-0.39, 0.29) is 18.0 Å². The van der Waals surface area contributed by atoms with Crippen LogP contribution in [-0.2, 0) is 11.2 Å². The summed E-state index contributed by atoms with van der Waals surface area (Å²) in [6.07, 6.45) is 1.51. The van der Waals surface area contributed by atoms with Crippen molar-refractivity contribution >= 4 is 40.7 Å². The second-order valence-corrected chi connectivity index (χ2v) is 5.45. The second-order valence-electron chi connectivity index (χ2n) is 4.01. The van der Waals surface area contributed by atoms with E-state index in [1.54, 1.807) is 0 Å². The smallest absolute Gasteiger partial charge is 0.270 e. The minimum Gasteiger partial charge on any atom is -0.273 e. The zero-order valence-electron chi connectivity index (χ0n) is 10.7. The normalized spacial score (nSPS) is 10.7. The first-order valence-electron chi connectivity index (χ1n) is 5.84. The highest BCUT2D eigenvalue weighted by Gasteiger charge is 2.08. The molecule has 0 unspecified atom stereocenters. The molecule has 1 amide bonds. The molecule has 6 nitrogen and oxygen atoms in total. The van der Waals surface area contributed by atoms with E-state index < -0.39 is 4.92 Å². The summed E-state index contributed by atoms with van der Waals surface area (Å²) in [6.45, 7) is 0. The predicted molar refractivity (Wildman–Crippen MR) is 81.9 cm³/mol. The maximum absolute atomic E-state index is 11.6. The summed E-state index contributed by atoms with van der Waals surface area (Å²) >= 11 is 7.39. The second kappa shape index (κ2) is 6.96. The van der Waals surface area contributed by atoms with Crippen molar-refractivity contribution in [1.29, 1.82) is 0 Å². The Morgan fingerprint density at radius 1 is 1.48 bits per heavy atom. The number of carbonyl (C=O) groups excluding carboxylic acids is 1. The van der Waals surface area contributed by atoms with Crippen molar-refractivity contribution in [2.24, 2.45) is 5.10 Å². The van der Waals surface area contributed by atoms with Crippen LogP contribution in [0.3, 0.4) is 0 Å². The Morgan fingerprint density at radius 3 is 2.95 bits per heavy atom. The van der Waals surface area contributed by atoms with Gasteiger partial charge in [-0.15, -0.1) is 11.3 Å². The third-order valence-corrected chi connectivity index (χ3v) is 3.72. The molecule has 0 fully saturated rings. The molecule has 2 rings (SSSR count). The summed E-state index contributed by atoms with van der Waals surface area (Å²) in [5, 5.41) is 16.6. The van der Waals surface area contributed by atoms with Crippen LogP contribution >= 0.6 is 22.9 Å². The Balaban J connectivity index is 1.99. The third kappa shape index (κ3) is 4.37. The van der Waals surface area contributed by atoms with E-state index in [1.807, 2.05) is 17.5 Å². The van der Waals surface area contributed by atoms with Gasteiger partial charge in [0.25, 0.3) is 5.69 Å². The van der Waals surface area contributed by atoms with E-state index in [4.69, 9.17) is 11.6 Å². The molecule has 1 aromatic carbocycles. The number of hydrogen-bond acceptors (Lipinski definition) is 5. The van der Waals surface area contributed by atoms with Crippen molar-refractivity contribution in [3.05, 3.63) is 61.3 Å². The number of non-ortho nitro benzene ring substituents is 1. The number of nitrogens with zero attached hydrogens (tertiary/aromatic N) is 2. The van der Waals surface area contributed by atoms with Gasteiger partial charge in [0.2, 0.25) is 5.91 Å². The molecule has 0 atom stereocenters. The third-order valence-electron chi connectivity index (χ3n) is 2.50. The minimum absolute atomic E-state index is 0.0919. The van der Waals surface area contributed by atoms with Gasteiger partial charge in [-0.2, -0.15) is 5.10 Å². The van der Waals surface area contributed by atoms with Crippen LogP contribution < -0.4 is 5.43 Å². The number of nitro benzene ring substituents is 1. The highest BCUT2D eigenvalue weighted by atomic mass is 35.5. The molecule has 108 valence electrons. The van der Waals surface area contributed by atoms with Gasteiger partial charge in [-0.3, -0.25) is 14.9 Å². The molecular formula is C13H10ClN3O3S. The lowest BCUT2D eigenvalue weighted by molar-refractivity contribution is -0.384. The van der Waals surface area contributed by atoms with E-state index in [2.05, 4.69) is 10.5 Å². The fraction of sp³-hybridized carbons (Fsp3) is 0.0769. The van der Waals surface area contributed by atoms with Crippen LogP contribution in [0.15, 0.2) is 40.8 Å². The largest absolute Gasteiger partial charge is 0.273 e. The molecule has 8 heteroatoms. The van der Waals surface area contributed by atoms with Crippen LogP contribution in [0, 0.1) is 10.1 Å². The number of hydrazone groups is 1. The standard InChI is InChI=1S/C13H10ClN3O3S/c14-12-4-3-10(17(19)20)6-9(12)8-15-16-13(18)7-11-2-1-5-21-11/h1-6,8H,7H2,(H,16,18)/b15-8+. The topological polar surface area (TPSA) is 84.6 Å². The molecule has 0 saturated heterocycles. The van der Waals surface area contributed by atoms with Crippen LogP contribution in [-0.4, -0.2) is 17.0 Å². The molecule has 1 N–H and O–H groups in total. The van der Waals surface area contributed by atoms with Crippen molar-refractivity contribution in [2.45, 2.75) is 6.42 Å². The van der Waals surface area contributed by atoms with Gasteiger partial charge in [0, 0.05) is 27.6 Å². The number of hydrogen-bond donors (Lipinski definition) is 1. The quantitative estimate of drug-likeness (QED) is 0.521. The summed E-state index contributed by atoms with van der Waals surface area (Å²) in [5.74, 6) is -0.268. The van der Waals surface area contributed by atoms with Crippen LogP contribution in [0.5, 0.6) is 0 Å². The van der Waals surface area contributed by atoms with Crippen LogP contribution in [0.1, 0.15) is 10.4 Å². The van der Waals surface area contributed by atoms with Gasteiger partial charge in [0.1, 0.15) is 0 Å². The van der Waals surface area contributed by atoms with Crippen molar-refractivity contribution < 1.29 is 9.72 Å². The van der Waals surface area contributed by atoms with Crippen molar-refractivity contribution in [1.82, 2.24) is 5.43 Å². The highest BCUT2D eigenvalue weighted by Crippen LogP contribution is 2.20. The minimum atomic E-state index is -0.525. The Labute approximate surface area is 129 Å². The van der Waals surface area contributed by atoms with Gasteiger partial charge in [0.15, 0.2) is 0 Å². The van der Waals surface area contributed by atoms with Crippen molar-refractivity contribution in [3.8, 4) is 0 Å². The van der Waals surface area contributed by atoms with Gasteiger partial charge >= 0.3 is 0 Å². The highest BCUT2D eigenvalue weighted by molar-refractivity contribution is 7.10. The van der Waals surface area contributed by atoms with E-state index in [0.29, 0.717) is 10.6 Å².